The number of pyridine rings is 1. The van der Waals surface area contributed by atoms with E-state index in [0.29, 0.717) is 12.2 Å². The third-order valence-corrected chi connectivity index (χ3v) is 6.66. The van der Waals surface area contributed by atoms with Gasteiger partial charge in [-0.1, -0.05) is 11.6 Å². The maximum absolute atomic E-state index is 13.2. The predicted octanol–water partition coefficient (Wildman–Crippen LogP) is 6.59. The van der Waals surface area contributed by atoms with Crippen LogP contribution < -0.4 is 10.2 Å². The Labute approximate surface area is 199 Å². The van der Waals surface area contributed by atoms with Gasteiger partial charge in [-0.3, -0.25) is 4.79 Å². The second kappa shape index (κ2) is 9.63. The Bertz CT molecular complexity index is 1310. The van der Waals surface area contributed by atoms with Crippen LogP contribution in [0.3, 0.4) is 0 Å². The summed E-state index contributed by atoms with van der Waals surface area (Å²) in [5.41, 5.74) is 7.44. The second-order valence-corrected chi connectivity index (χ2v) is 9.74. The molecule has 0 aliphatic carbocycles. The normalized spacial score (nSPS) is 11.6. The van der Waals surface area contributed by atoms with Crippen molar-refractivity contribution in [2.45, 2.75) is 20.8 Å². The van der Waals surface area contributed by atoms with Gasteiger partial charge in [-0.2, -0.15) is 5.10 Å². The Balaban J connectivity index is 1.71. The van der Waals surface area contributed by atoms with Gasteiger partial charge in [-0.05, 0) is 91.3 Å². The van der Waals surface area contributed by atoms with E-state index in [9.17, 15) is 4.79 Å². The zero-order valence-corrected chi connectivity index (χ0v) is 20.4. The van der Waals surface area contributed by atoms with Crippen molar-refractivity contribution in [2.24, 2.45) is 5.10 Å². The fraction of sp³-hybridized carbons (Fsp3) is 0.160. The van der Waals surface area contributed by atoms with E-state index in [-0.39, 0.29) is 5.91 Å². The van der Waals surface area contributed by atoms with E-state index in [1.807, 2.05) is 81.4 Å². The first-order valence-corrected chi connectivity index (χ1v) is 11.8. The van der Waals surface area contributed by atoms with E-state index in [2.05, 4.69) is 26.5 Å². The number of hydrogen-bond acceptors (Lipinski definition) is 5. The molecule has 0 atom stereocenters. The number of fused-ring (bicyclic) bond motifs is 1. The monoisotopic (exact) mass is 507 g/mol. The van der Waals surface area contributed by atoms with Gasteiger partial charge in [0, 0.05) is 10.9 Å². The van der Waals surface area contributed by atoms with Gasteiger partial charge in [0.15, 0.2) is 0 Å². The molecule has 1 N–H and O–H groups in total. The van der Waals surface area contributed by atoms with Crippen LogP contribution in [-0.2, 0) is 0 Å². The van der Waals surface area contributed by atoms with Crippen molar-refractivity contribution in [1.29, 1.82) is 0 Å². The number of ether oxygens (including phenoxy) is 1. The molecule has 4 rings (SSSR count). The molecule has 4 aromatic rings. The van der Waals surface area contributed by atoms with Gasteiger partial charge in [0.1, 0.15) is 5.75 Å². The lowest BCUT2D eigenvalue weighted by atomic mass is 10.0. The molecule has 0 spiro atoms. The van der Waals surface area contributed by atoms with Gasteiger partial charge in [0.25, 0.3) is 5.91 Å². The summed E-state index contributed by atoms with van der Waals surface area (Å²) in [6.45, 7) is 6.43. The Kier molecular flexibility index (Phi) is 6.67. The number of aromatic nitrogens is 1. The van der Waals surface area contributed by atoms with Crippen molar-refractivity contribution in [3.8, 4) is 17.0 Å². The first-order chi connectivity index (χ1) is 15.4. The van der Waals surface area contributed by atoms with Crippen LogP contribution in [0.25, 0.3) is 22.2 Å². The quantitative estimate of drug-likeness (QED) is 0.236. The van der Waals surface area contributed by atoms with Gasteiger partial charge in [0.05, 0.1) is 37.8 Å². The van der Waals surface area contributed by atoms with E-state index in [4.69, 9.17) is 9.72 Å². The standard InChI is InChI=1S/C25H22BrN3O2S/c1-4-31-18-8-6-17(7-9-18)22-14-20(19-13-15(2)5-10-21(19)27-22)25(30)29-28-16(3)23-11-12-24(26)32-23/h5-14H,4H2,1-3H3,(H,29,30)/b28-16-. The van der Waals surface area contributed by atoms with E-state index in [0.717, 1.165) is 47.8 Å². The molecule has 0 fully saturated rings. The number of carbonyl (C=O) groups excluding carboxylic acids is 1. The summed E-state index contributed by atoms with van der Waals surface area (Å²) in [5, 5.41) is 5.11. The van der Waals surface area contributed by atoms with E-state index in [1.54, 1.807) is 11.3 Å². The van der Waals surface area contributed by atoms with Crippen LogP contribution in [0.4, 0.5) is 0 Å². The van der Waals surface area contributed by atoms with Gasteiger partial charge >= 0.3 is 0 Å². The van der Waals surface area contributed by atoms with Crippen molar-refractivity contribution < 1.29 is 9.53 Å². The highest BCUT2D eigenvalue weighted by atomic mass is 79.9. The van der Waals surface area contributed by atoms with Gasteiger partial charge in [0.2, 0.25) is 0 Å². The molecule has 162 valence electrons. The van der Waals surface area contributed by atoms with Gasteiger partial charge < -0.3 is 4.74 Å². The number of hydrazone groups is 1. The van der Waals surface area contributed by atoms with Crippen molar-refractivity contribution in [1.82, 2.24) is 10.4 Å². The van der Waals surface area contributed by atoms with Crippen LogP contribution in [0.2, 0.25) is 0 Å². The molecule has 0 saturated carbocycles. The fourth-order valence-corrected chi connectivity index (χ4v) is 4.65. The number of amides is 1. The molecular weight excluding hydrogens is 486 g/mol. The molecule has 0 unspecified atom stereocenters. The van der Waals surface area contributed by atoms with Crippen molar-refractivity contribution in [3.63, 3.8) is 0 Å². The zero-order chi connectivity index (χ0) is 22.7. The highest BCUT2D eigenvalue weighted by Crippen LogP contribution is 2.27. The molecule has 0 saturated heterocycles. The minimum atomic E-state index is -0.273. The topological polar surface area (TPSA) is 63.6 Å². The third-order valence-electron chi connectivity index (χ3n) is 4.92. The number of nitrogens with one attached hydrogen (secondary N) is 1. The average molecular weight is 508 g/mol. The van der Waals surface area contributed by atoms with Crippen LogP contribution >= 0.6 is 27.3 Å². The van der Waals surface area contributed by atoms with Crippen molar-refractivity contribution in [3.05, 3.63) is 80.5 Å². The summed E-state index contributed by atoms with van der Waals surface area (Å²) < 4.78 is 6.55. The molecule has 32 heavy (non-hydrogen) atoms. The first-order valence-electron chi connectivity index (χ1n) is 10.2. The summed E-state index contributed by atoms with van der Waals surface area (Å²) in [4.78, 5) is 18.9. The zero-order valence-electron chi connectivity index (χ0n) is 18.0. The molecular formula is C25H22BrN3O2S. The SMILES string of the molecule is CCOc1ccc(-c2cc(C(=O)N/N=C(/C)c3ccc(Br)s3)c3cc(C)ccc3n2)cc1. The Morgan fingerprint density at radius 1 is 1.12 bits per heavy atom. The number of aryl methyl sites for hydroxylation is 1. The fourth-order valence-electron chi connectivity index (χ4n) is 3.32. The third kappa shape index (κ3) is 4.89. The molecule has 0 aliphatic rings. The lowest BCUT2D eigenvalue weighted by molar-refractivity contribution is 0.0956. The van der Waals surface area contributed by atoms with Crippen LogP contribution in [0.1, 0.15) is 34.6 Å². The summed E-state index contributed by atoms with van der Waals surface area (Å²) in [5.74, 6) is 0.529. The van der Waals surface area contributed by atoms with E-state index >= 15 is 0 Å². The minimum Gasteiger partial charge on any atom is -0.494 e. The Morgan fingerprint density at radius 3 is 2.59 bits per heavy atom. The van der Waals surface area contributed by atoms with Crippen LogP contribution in [0.5, 0.6) is 5.75 Å². The molecule has 0 bridgehead atoms. The van der Waals surface area contributed by atoms with Gasteiger partial charge in [-0.15, -0.1) is 11.3 Å². The summed E-state index contributed by atoms with van der Waals surface area (Å²) in [6.07, 6.45) is 0. The summed E-state index contributed by atoms with van der Waals surface area (Å²) >= 11 is 5.02. The molecule has 7 heteroatoms. The number of carbonyl (C=O) groups is 1. The van der Waals surface area contributed by atoms with Crippen LogP contribution in [0.15, 0.2) is 69.6 Å². The maximum Gasteiger partial charge on any atom is 0.272 e. The molecule has 0 radical (unpaired) electrons. The van der Waals surface area contributed by atoms with Crippen LogP contribution in [0, 0.1) is 6.92 Å². The molecule has 2 aromatic heterocycles. The summed E-state index contributed by atoms with van der Waals surface area (Å²) in [6, 6.07) is 19.4. The average Bonchev–Trinajstić information content (AvgIpc) is 3.23. The maximum atomic E-state index is 13.2. The molecule has 5 nitrogen and oxygen atoms in total. The Hall–Kier alpha value is -3.03. The number of nitrogens with zero attached hydrogens (tertiary/aromatic N) is 2. The smallest absolute Gasteiger partial charge is 0.272 e. The number of halogens is 1. The van der Waals surface area contributed by atoms with Gasteiger partial charge in [-0.25, -0.2) is 10.4 Å². The minimum absolute atomic E-state index is 0.273. The molecule has 2 heterocycles. The predicted molar refractivity (Wildman–Crippen MR) is 135 cm³/mol. The lowest BCUT2D eigenvalue weighted by Gasteiger charge is -2.11. The van der Waals surface area contributed by atoms with Crippen molar-refractivity contribution in [2.75, 3.05) is 6.61 Å². The number of benzene rings is 2. The molecule has 2 aromatic carbocycles. The van der Waals surface area contributed by atoms with Crippen LogP contribution in [-0.4, -0.2) is 23.2 Å². The molecule has 1 amide bonds. The van der Waals surface area contributed by atoms with Crippen molar-refractivity contribution >= 4 is 49.8 Å². The lowest BCUT2D eigenvalue weighted by Crippen LogP contribution is -2.20. The molecule has 0 aliphatic heterocycles. The summed E-state index contributed by atoms with van der Waals surface area (Å²) in [7, 11) is 0. The Morgan fingerprint density at radius 2 is 1.91 bits per heavy atom. The number of rotatable bonds is 6. The number of hydrogen-bond donors (Lipinski definition) is 1. The first kappa shape index (κ1) is 22.2. The highest BCUT2D eigenvalue weighted by Gasteiger charge is 2.15. The van der Waals surface area contributed by atoms with E-state index < -0.39 is 0 Å². The number of thiophene rings is 1. The highest BCUT2D eigenvalue weighted by molar-refractivity contribution is 9.11. The largest absolute Gasteiger partial charge is 0.494 e. The van der Waals surface area contributed by atoms with E-state index in [1.165, 1.54) is 0 Å². The second-order valence-electron chi connectivity index (χ2n) is 7.27.